The summed E-state index contributed by atoms with van der Waals surface area (Å²) in [7, 11) is 0. The SMILES string of the molecule is CCc1nc(Cc2cccc(C)c2)nc(N)c1C. The van der Waals surface area contributed by atoms with Crippen LogP contribution < -0.4 is 5.73 Å². The van der Waals surface area contributed by atoms with Gasteiger partial charge in [-0.15, -0.1) is 0 Å². The zero-order chi connectivity index (χ0) is 13.1. The van der Waals surface area contributed by atoms with Crippen LogP contribution in [0.2, 0.25) is 0 Å². The van der Waals surface area contributed by atoms with Crippen molar-refractivity contribution in [2.75, 3.05) is 5.73 Å². The fourth-order valence-corrected chi connectivity index (χ4v) is 2.06. The van der Waals surface area contributed by atoms with Gasteiger partial charge in [0.05, 0.1) is 0 Å². The van der Waals surface area contributed by atoms with Gasteiger partial charge >= 0.3 is 0 Å². The first-order chi connectivity index (χ1) is 8.60. The normalized spacial score (nSPS) is 10.6. The van der Waals surface area contributed by atoms with E-state index >= 15 is 0 Å². The molecule has 1 aromatic carbocycles. The van der Waals surface area contributed by atoms with E-state index in [0.717, 1.165) is 29.9 Å². The quantitative estimate of drug-likeness (QED) is 0.899. The molecule has 0 fully saturated rings. The van der Waals surface area contributed by atoms with Crippen LogP contribution in [0, 0.1) is 13.8 Å². The highest BCUT2D eigenvalue weighted by Crippen LogP contribution is 2.15. The van der Waals surface area contributed by atoms with E-state index in [-0.39, 0.29) is 0 Å². The Morgan fingerprint density at radius 3 is 2.61 bits per heavy atom. The summed E-state index contributed by atoms with van der Waals surface area (Å²) in [6.07, 6.45) is 1.62. The topological polar surface area (TPSA) is 51.8 Å². The van der Waals surface area contributed by atoms with Crippen LogP contribution in [0.15, 0.2) is 24.3 Å². The van der Waals surface area contributed by atoms with Crippen molar-refractivity contribution in [1.29, 1.82) is 0 Å². The number of aromatic nitrogens is 2. The second-order valence-electron chi connectivity index (χ2n) is 4.62. The Morgan fingerprint density at radius 2 is 1.94 bits per heavy atom. The molecule has 0 saturated carbocycles. The third kappa shape index (κ3) is 2.67. The van der Waals surface area contributed by atoms with Crippen molar-refractivity contribution >= 4 is 5.82 Å². The van der Waals surface area contributed by atoms with Gasteiger partial charge in [-0.1, -0.05) is 36.8 Å². The second-order valence-corrected chi connectivity index (χ2v) is 4.62. The van der Waals surface area contributed by atoms with E-state index in [2.05, 4.69) is 48.1 Å². The number of anilines is 1. The van der Waals surface area contributed by atoms with Crippen molar-refractivity contribution < 1.29 is 0 Å². The number of benzene rings is 1. The summed E-state index contributed by atoms with van der Waals surface area (Å²) >= 11 is 0. The molecular weight excluding hydrogens is 222 g/mol. The Kier molecular flexibility index (Phi) is 3.60. The number of nitrogens with zero attached hydrogens (tertiary/aromatic N) is 2. The molecule has 1 aromatic heterocycles. The lowest BCUT2D eigenvalue weighted by Gasteiger charge is -2.09. The summed E-state index contributed by atoms with van der Waals surface area (Å²) in [5.41, 5.74) is 10.5. The lowest BCUT2D eigenvalue weighted by Crippen LogP contribution is -2.07. The first kappa shape index (κ1) is 12.6. The fraction of sp³-hybridized carbons (Fsp3) is 0.333. The van der Waals surface area contributed by atoms with E-state index < -0.39 is 0 Å². The summed E-state index contributed by atoms with van der Waals surface area (Å²) < 4.78 is 0. The smallest absolute Gasteiger partial charge is 0.135 e. The predicted octanol–water partition coefficient (Wildman–Crippen LogP) is 2.83. The van der Waals surface area contributed by atoms with E-state index in [9.17, 15) is 0 Å². The Morgan fingerprint density at radius 1 is 1.17 bits per heavy atom. The van der Waals surface area contributed by atoms with E-state index in [1.165, 1.54) is 11.1 Å². The molecule has 0 saturated heterocycles. The number of hydrogen-bond acceptors (Lipinski definition) is 3. The lowest BCUT2D eigenvalue weighted by molar-refractivity contribution is 0.894. The van der Waals surface area contributed by atoms with Gasteiger partial charge in [0.25, 0.3) is 0 Å². The second kappa shape index (κ2) is 5.17. The van der Waals surface area contributed by atoms with Crippen LogP contribution in [0.5, 0.6) is 0 Å². The standard InChI is InChI=1S/C15H19N3/c1-4-13-11(3)15(16)18-14(17-13)9-12-7-5-6-10(2)8-12/h5-8H,4,9H2,1-3H3,(H2,16,17,18). The zero-order valence-electron chi connectivity index (χ0n) is 11.2. The summed E-state index contributed by atoms with van der Waals surface area (Å²) in [5.74, 6) is 1.41. The average Bonchev–Trinajstić information content (AvgIpc) is 2.33. The predicted molar refractivity (Wildman–Crippen MR) is 74.5 cm³/mol. The number of hydrogen-bond donors (Lipinski definition) is 1. The summed E-state index contributed by atoms with van der Waals surface area (Å²) in [6, 6.07) is 8.40. The van der Waals surface area contributed by atoms with Gasteiger partial charge < -0.3 is 5.73 Å². The van der Waals surface area contributed by atoms with Gasteiger partial charge in [0.2, 0.25) is 0 Å². The molecule has 3 heteroatoms. The Hall–Kier alpha value is -1.90. The number of rotatable bonds is 3. The zero-order valence-corrected chi connectivity index (χ0v) is 11.2. The molecule has 2 N–H and O–H groups in total. The third-order valence-electron chi connectivity index (χ3n) is 3.11. The third-order valence-corrected chi connectivity index (χ3v) is 3.11. The van der Waals surface area contributed by atoms with Crippen LogP contribution in [-0.4, -0.2) is 9.97 Å². The number of nitrogens with two attached hydrogens (primary N) is 1. The van der Waals surface area contributed by atoms with Crippen LogP contribution in [-0.2, 0) is 12.8 Å². The van der Waals surface area contributed by atoms with Crippen molar-refractivity contribution in [2.45, 2.75) is 33.6 Å². The first-order valence-corrected chi connectivity index (χ1v) is 6.27. The van der Waals surface area contributed by atoms with E-state index in [0.29, 0.717) is 5.82 Å². The largest absolute Gasteiger partial charge is 0.383 e. The molecular formula is C15H19N3. The van der Waals surface area contributed by atoms with Crippen LogP contribution in [0.4, 0.5) is 5.82 Å². The van der Waals surface area contributed by atoms with Gasteiger partial charge in [-0.25, -0.2) is 9.97 Å². The van der Waals surface area contributed by atoms with Gasteiger partial charge in [0.1, 0.15) is 11.6 Å². The van der Waals surface area contributed by atoms with Gasteiger partial charge in [0, 0.05) is 17.7 Å². The number of nitrogen functional groups attached to an aromatic ring is 1. The molecule has 0 aliphatic carbocycles. The molecule has 0 amide bonds. The van der Waals surface area contributed by atoms with Crippen molar-refractivity contribution in [3.05, 3.63) is 52.5 Å². The van der Waals surface area contributed by atoms with E-state index in [4.69, 9.17) is 5.73 Å². The van der Waals surface area contributed by atoms with E-state index in [1.807, 2.05) is 6.92 Å². The van der Waals surface area contributed by atoms with Gasteiger partial charge in [-0.3, -0.25) is 0 Å². The molecule has 0 aliphatic rings. The monoisotopic (exact) mass is 241 g/mol. The molecule has 0 atom stereocenters. The molecule has 0 aliphatic heterocycles. The molecule has 0 radical (unpaired) electrons. The van der Waals surface area contributed by atoms with Crippen molar-refractivity contribution in [1.82, 2.24) is 9.97 Å². The minimum absolute atomic E-state index is 0.601. The van der Waals surface area contributed by atoms with Crippen LogP contribution in [0.25, 0.3) is 0 Å². The molecule has 94 valence electrons. The molecule has 0 spiro atoms. The van der Waals surface area contributed by atoms with Crippen LogP contribution in [0.3, 0.4) is 0 Å². The molecule has 2 rings (SSSR count). The summed E-state index contributed by atoms with van der Waals surface area (Å²) in [6.45, 7) is 6.15. The van der Waals surface area contributed by atoms with E-state index in [1.54, 1.807) is 0 Å². The van der Waals surface area contributed by atoms with Crippen LogP contribution >= 0.6 is 0 Å². The van der Waals surface area contributed by atoms with Gasteiger partial charge in [-0.05, 0) is 25.8 Å². The Labute approximate surface area is 108 Å². The molecule has 0 unspecified atom stereocenters. The Balaban J connectivity index is 2.32. The molecule has 0 bridgehead atoms. The van der Waals surface area contributed by atoms with Crippen molar-refractivity contribution in [3.8, 4) is 0 Å². The fourth-order valence-electron chi connectivity index (χ4n) is 2.06. The molecule has 1 heterocycles. The first-order valence-electron chi connectivity index (χ1n) is 6.27. The maximum atomic E-state index is 5.93. The highest BCUT2D eigenvalue weighted by molar-refractivity contribution is 5.41. The minimum atomic E-state index is 0.601. The van der Waals surface area contributed by atoms with Crippen molar-refractivity contribution in [2.24, 2.45) is 0 Å². The molecule has 2 aromatic rings. The van der Waals surface area contributed by atoms with Gasteiger partial charge in [-0.2, -0.15) is 0 Å². The lowest BCUT2D eigenvalue weighted by atomic mass is 10.1. The van der Waals surface area contributed by atoms with Crippen LogP contribution in [0.1, 0.15) is 35.1 Å². The summed E-state index contributed by atoms with van der Waals surface area (Å²) in [5, 5.41) is 0. The highest BCUT2D eigenvalue weighted by atomic mass is 15.0. The van der Waals surface area contributed by atoms with Gasteiger partial charge in [0.15, 0.2) is 0 Å². The van der Waals surface area contributed by atoms with Crippen molar-refractivity contribution in [3.63, 3.8) is 0 Å². The minimum Gasteiger partial charge on any atom is -0.383 e. The average molecular weight is 241 g/mol. The maximum absolute atomic E-state index is 5.93. The highest BCUT2D eigenvalue weighted by Gasteiger charge is 2.07. The maximum Gasteiger partial charge on any atom is 0.135 e. The Bertz CT molecular complexity index is 562. The molecule has 18 heavy (non-hydrogen) atoms. The molecule has 3 nitrogen and oxygen atoms in total. The summed E-state index contributed by atoms with van der Waals surface area (Å²) in [4.78, 5) is 8.96. The number of aryl methyl sites for hydroxylation is 2.